The minimum absolute atomic E-state index is 0.0536. The predicted octanol–water partition coefficient (Wildman–Crippen LogP) is 4.25. The van der Waals surface area contributed by atoms with Crippen LogP contribution in [0.1, 0.15) is 13.3 Å². The highest BCUT2D eigenvalue weighted by Gasteiger charge is 2.20. The molecule has 0 aliphatic heterocycles. The van der Waals surface area contributed by atoms with E-state index in [4.69, 9.17) is 32.4 Å². The number of anilines is 1. The number of oxazole rings is 1. The highest BCUT2D eigenvalue weighted by atomic mass is 79.9. The Morgan fingerprint density at radius 2 is 1.90 bits per heavy atom. The largest absolute Gasteiger partial charge is 0.507 e. The van der Waals surface area contributed by atoms with Gasteiger partial charge in [-0.2, -0.15) is 0 Å². The highest BCUT2D eigenvalue weighted by Crippen LogP contribution is 2.36. The summed E-state index contributed by atoms with van der Waals surface area (Å²) < 4.78 is 11.4. The summed E-state index contributed by atoms with van der Waals surface area (Å²) in [6, 6.07) is 5.53. The molecule has 3 aromatic rings. The lowest BCUT2D eigenvalue weighted by Crippen LogP contribution is -2.18. The zero-order chi connectivity index (χ0) is 21.3. The molecule has 0 spiro atoms. The van der Waals surface area contributed by atoms with Crippen molar-refractivity contribution in [2.24, 2.45) is 0 Å². The minimum atomic E-state index is -0.764. The van der Waals surface area contributed by atoms with Gasteiger partial charge in [0.15, 0.2) is 5.58 Å². The number of carbonyl (C=O) groups excluding carboxylic acids is 2. The van der Waals surface area contributed by atoms with Gasteiger partial charge in [-0.1, -0.05) is 23.2 Å². The lowest BCUT2D eigenvalue weighted by molar-refractivity contribution is -0.145. The van der Waals surface area contributed by atoms with Crippen molar-refractivity contribution in [2.75, 3.05) is 11.9 Å². The molecule has 3 rings (SSSR count). The second-order valence-electron chi connectivity index (χ2n) is 5.79. The maximum Gasteiger partial charge on any atom is 0.424 e. The SMILES string of the molecule is CCOC(=O)CC(=O)Nc1cc(Cl)c(-n2c(=O)oc3cc(O)c(Br)cc32)c(Cl)c1. The monoisotopic (exact) mass is 502 g/mol. The number of hydrogen-bond acceptors (Lipinski definition) is 6. The van der Waals surface area contributed by atoms with E-state index in [9.17, 15) is 19.5 Å². The molecule has 0 atom stereocenters. The fourth-order valence-corrected chi connectivity index (χ4v) is 3.63. The van der Waals surface area contributed by atoms with E-state index < -0.39 is 24.1 Å². The van der Waals surface area contributed by atoms with E-state index in [-0.39, 0.29) is 39.4 Å². The van der Waals surface area contributed by atoms with Crippen molar-refractivity contribution in [3.63, 3.8) is 0 Å². The van der Waals surface area contributed by atoms with E-state index in [2.05, 4.69) is 21.2 Å². The number of esters is 1. The Kier molecular flexibility index (Phi) is 6.21. The first kappa shape index (κ1) is 21.2. The average Bonchev–Trinajstić information content (AvgIpc) is 2.90. The molecule has 0 aliphatic rings. The molecule has 29 heavy (non-hydrogen) atoms. The number of phenolic OH excluding ortho intramolecular Hbond substituents is 1. The summed E-state index contributed by atoms with van der Waals surface area (Å²) >= 11 is 15.8. The van der Waals surface area contributed by atoms with Crippen LogP contribution in [0, 0.1) is 0 Å². The lowest BCUT2D eigenvalue weighted by atomic mass is 10.2. The van der Waals surface area contributed by atoms with E-state index in [1.807, 2.05) is 0 Å². The topological polar surface area (TPSA) is 111 Å². The fraction of sp³-hybridized carbons (Fsp3) is 0.167. The van der Waals surface area contributed by atoms with Crippen LogP contribution in [0.2, 0.25) is 10.0 Å². The first-order chi connectivity index (χ1) is 13.7. The number of ether oxygens (including phenoxy) is 1. The maximum atomic E-state index is 12.4. The van der Waals surface area contributed by atoms with Gasteiger partial charge >= 0.3 is 11.7 Å². The number of fused-ring (bicyclic) bond motifs is 1. The lowest BCUT2D eigenvalue weighted by Gasteiger charge is -2.12. The molecule has 0 saturated carbocycles. The van der Waals surface area contributed by atoms with Gasteiger partial charge in [-0.05, 0) is 41.1 Å². The summed E-state index contributed by atoms with van der Waals surface area (Å²) in [4.78, 5) is 35.7. The van der Waals surface area contributed by atoms with E-state index in [1.54, 1.807) is 6.92 Å². The molecule has 0 unspecified atom stereocenters. The third-order valence-corrected chi connectivity index (χ3v) is 5.00. The van der Waals surface area contributed by atoms with E-state index in [1.165, 1.54) is 24.3 Å². The van der Waals surface area contributed by atoms with Gasteiger partial charge in [0.25, 0.3) is 0 Å². The molecule has 1 amide bonds. The number of nitrogens with zero attached hydrogens (tertiary/aromatic N) is 1. The number of rotatable bonds is 5. The Labute approximate surface area is 182 Å². The summed E-state index contributed by atoms with van der Waals surface area (Å²) in [6.45, 7) is 1.80. The standard InChI is InChI=1S/C18H13BrCl2N2O6/c1-2-28-16(26)7-15(25)22-8-3-10(20)17(11(21)4-8)23-12-5-9(19)13(24)6-14(12)29-18(23)27/h3-6,24H,2,7H2,1H3,(H,22,25). The van der Waals surface area contributed by atoms with Gasteiger partial charge in [-0.25, -0.2) is 9.36 Å². The number of benzene rings is 2. The van der Waals surface area contributed by atoms with Gasteiger partial charge in [0, 0.05) is 11.8 Å². The third-order valence-electron chi connectivity index (χ3n) is 3.78. The maximum absolute atomic E-state index is 12.4. The van der Waals surface area contributed by atoms with Gasteiger partial charge in [-0.15, -0.1) is 0 Å². The van der Waals surface area contributed by atoms with Crippen LogP contribution in [-0.4, -0.2) is 28.2 Å². The summed E-state index contributed by atoms with van der Waals surface area (Å²) in [6.07, 6.45) is -0.464. The zero-order valence-electron chi connectivity index (χ0n) is 14.8. The number of carbonyl (C=O) groups is 2. The van der Waals surface area contributed by atoms with Crippen LogP contribution in [0.3, 0.4) is 0 Å². The molecule has 0 radical (unpaired) electrons. The van der Waals surface area contributed by atoms with Gasteiger partial charge in [-0.3, -0.25) is 9.59 Å². The van der Waals surface area contributed by atoms with Crippen LogP contribution in [0.15, 0.2) is 37.9 Å². The molecule has 0 fully saturated rings. The first-order valence-electron chi connectivity index (χ1n) is 8.20. The summed E-state index contributed by atoms with van der Waals surface area (Å²) in [5.74, 6) is -2.13. The Morgan fingerprint density at radius 1 is 1.24 bits per heavy atom. The molecule has 11 heteroatoms. The molecule has 2 N–H and O–H groups in total. The van der Waals surface area contributed by atoms with Crippen molar-refractivity contribution in [3.8, 4) is 11.4 Å². The molecular formula is C18H13BrCl2N2O6. The number of nitrogens with one attached hydrogen (secondary N) is 1. The Hall–Kier alpha value is -2.49. The average molecular weight is 504 g/mol. The Bertz CT molecular complexity index is 1160. The third kappa shape index (κ3) is 4.42. The zero-order valence-corrected chi connectivity index (χ0v) is 17.9. The predicted molar refractivity (Wildman–Crippen MR) is 111 cm³/mol. The van der Waals surface area contributed by atoms with Crippen LogP contribution < -0.4 is 11.1 Å². The molecule has 0 aliphatic carbocycles. The minimum Gasteiger partial charge on any atom is -0.507 e. The smallest absolute Gasteiger partial charge is 0.424 e. The van der Waals surface area contributed by atoms with Crippen LogP contribution >= 0.6 is 39.1 Å². The number of aromatic nitrogens is 1. The molecule has 1 heterocycles. The van der Waals surface area contributed by atoms with Crippen molar-refractivity contribution in [3.05, 3.63) is 49.3 Å². The van der Waals surface area contributed by atoms with E-state index in [0.717, 1.165) is 4.57 Å². The molecule has 152 valence electrons. The van der Waals surface area contributed by atoms with Gasteiger partial charge in [0.2, 0.25) is 5.91 Å². The fourth-order valence-electron chi connectivity index (χ4n) is 2.64. The number of phenols is 1. The van der Waals surface area contributed by atoms with Crippen molar-refractivity contribution in [1.82, 2.24) is 4.57 Å². The molecule has 2 aromatic carbocycles. The number of amides is 1. The first-order valence-corrected chi connectivity index (χ1v) is 9.75. The normalized spacial score (nSPS) is 10.9. The summed E-state index contributed by atoms with van der Waals surface area (Å²) in [5.41, 5.74) is 0.827. The van der Waals surface area contributed by atoms with Gasteiger partial charge in [0.05, 0.1) is 32.3 Å². The number of aromatic hydroxyl groups is 1. The van der Waals surface area contributed by atoms with Crippen molar-refractivity contribution < 1.29 is 23.8 Å². The Morgan fingerprint density at radius 3 is 2.52 bits per heavy atom. The van der Waals surface area contributed by atoms with Crippen molar-refractivity contribution >= 4 is 67.8 Å². The second kappa shape index (κ2) is 8.48. The molecule has 8 nitrogen and oxygen atoms in total. The quantitative estimate of drug-likeness (QED) is 0.397. The molecular weight excluding hydrogens is 491 g/mol. The van der Waals surface area contributed by atoms with Crippen molar-refractivity contribution in [2.45, 2.75) is 13.3 Å². The van der Waals surface area contributed by atoms with E-state index in [0.29, 0.717) is 9.99 Å². The van der Waals surface area contributed by atoms with Crippen LogP contribution in [0.5, 0.6) is 5.75 Å². The molecule has 0 saturated heterocycles. The Balaban J connectivity index is 1.99. The van der Waals surface area contributed by atoms with Gasteiger partial charge in [0.1, 0.15) is 12.2 Å². The molecule has 1 aromatic heterocycles. The number of hydrogen-bond donors (Lipinski definition) is 2. The van der Waals surface area contributed by atoms with E-state index >= 15 is 0 Å². The van der Waals surface area contributed by atoms with Gasteiger partial charge < -0.3 is 19.6 Å². The molecule has 0 bridgehead atoms. The second-order valence-corrected chi connectivity index (χ2v) is 7.46. The summed E-state index contributed by atoms with van der Waals surface area (Å²) in [7, 11) is 0. The highest BCUT2D eigenvalue weighted by molar-refractivity contribution is 9.10. The van der Waals surface area contributed by atoms with Crippen molar-refractivity contribution in [1.29, 1.82) is 0 Å². The van der Waals surface area contributed by atoms with Crippen LogP contribution in [0.4, 0.5) is 5.69 Å². The number of halogens is 3. The summed E-state index contributed by atoms with van der Waals surface area (Å²) in [5, 5.41) is 12.4. The van der Waals surface area contributed by atoms with Crippen LogP contribution in [-0.2, 0) is 14.3 Å². The van der Waals surface area contributed by atoms with Crippen LogP contribution in [0.25, 0.3) is 16.8 Å².